The van der Waals surface area contributed by atoms with Gasteiger partial charge in [0.05, 0.1) is 10.6 Å². The Hall–Kier alpha value is -1.51. The molecular formula is C7H2ClF5N2O2. The summed E-state index contributed by atoms with van der Waals surface area (Å²) in [6.45, 7) is 0. The second-order valence-electron chi connectivity index (χ2n) is 2.78. The molecule has 1 rings (SSSR count). The largest absolute Gasteiger partial charge is 0.426 e. The van der Waals surface area contributed by atoms with Crippen LogP contribution in [0.15, 0.2) is 6.20 Å². The maximum absolute atomic E-state index is 12.4. The zero-order valence-corrected chi connectivity index (χ0v) is 8.39. The van der Waals surface area contributed by atoms with Crippen LogP contribution in [-0.4, -0.2) is 9.91 Å². The molecule has 0 aromatic carbocycles. The van der Waals surface area contributed by atoms with Crippen LogP contribution in [0, 0.1) is 10.1 Å². The third-order valence-corrected chi connectivity index (χ3v) is 2.12. The predicted molar refractivity (Wildman–Crippen MR) is 45.9 cm³/mol. The summed E-state index contributed by atoms with van der Waals surface area (Å²) in [5, 5.41) is 8.89. The Balaban J connectivity index is 3.60. The van der Waals surface area contributed by atoms with E-state index in [2.05, 4.69) is 4.98 Å². The molecule has 10 heteroatoms. The number of hydrogen-bond acceptors (Lipinski definition) is 3. The van der Waals surface area contributed by atoms with Gasteiger partial charge >= 0.3 is 12.0 Å². The van der Waals surface area contributed by atoms with Gasteiger partial charge in [0, 0.05) is 0 Å². The highest BCUT2D eigenvalue weighted by Crippen LogP contribution is 2.42. The fraction of sp³-hybridized carbons (Fsp3) is 0.286. The third kappa shape index (κ3) is 2.60. The Morgan fingerprint density at radius 2 is 1.94 bits per heavy atom. The minimum atomic E-state index is -5.24. The zero-order valence-electron chi connectivity index (χ0n) is 7.63. The number of halogens is 6. The molecule has 0 spiro atoms. The van der Waals surface area contributed by atoms with Crippen molar-refractivity contribution in [1.29, 1.82) is 0 Å². The topological polar surface area (TPSA) is 56.0 Å². The van der Waals surface area contributed by atoms with Crippen LogP contribution in [0.1, 0.15) is 17.6 Å². The molecule has 0 aliphatic carbocycles. The van der Waals surface area contributed by atoms with Crippen LogP contribution < -0.4 is 0 Å². The Morgan fingerprint density at radius 3 is 2.29 bits per heavy atom. The smallest absolute Gasteiger partial charge is 0.358 e. The molecule has 0 atom stereocenters. The lowest BCUT2D eigenvalue weighted by Crippen LogP contribution is -2.12. The van der Waals surface area contributed by atoms with E-state index < -0.39 is 39.5 Å². The molecule has 0 bridgehead atoms. The molecule has 94 valence electrons. The molecule has 0 aliphatic rings. The van der Waals surface area contributed by atoms with Crippen molar-refractivity contribution in [2.24, 2.45) is 0 Å². The molecule has 1 aromatic rings. The summed E-state index contributed by atoms with van der Waals surface area (Å²) in [6, 6.07) is 0. The van der Waals surface area contributed by atoms with Crippen molar-refractivity contribution >= 4 is 17.4 Å². The summed E-state index contributed by atoms with van der Waals surface area (Å²) in [5.74, 6) is -1.60. The first-order valence-electron chi connectivity index (χ1n) is 3.84. The molecule has 0 aliphatic heterocycles. The summed E-state index contributed by atoms with van der Waals surface area (Å²) < 4.78 is 61.9. The average molecular weight is 277 g/mol. The highest BCUT2D eigenvalue weighted by Gasteiger charge is 2.43. The van der Waals surface area contributed by atoms with Crippen molar-refractivity contribution in [1.82, 2.24) is 4.98 Å². The van der Waals surface area contributed by atoms with Crippen LogP contribution in [0.5, 0.6) is 0 Å². The molecule has 0 radical (unpaired) electrons. The van der Waals surface area contributed by atoms with Crippen LogP contribution in [0.25, 0.3) is 0 Å². The van der Waals surface area contributed by atoms with Crippen molar-refractivity contribution in [3.05, 3.63) is 32.5 Å². The first-order chi connectivity index (χ1) is 7.66. The van der Waals surface area contributed by atoms with Crippen LogP contribution in [0.4, 0.5) is 27.8 Å². The van der Waals surface area contributed by atoms with Gasteiger partial charge in [-0.15, -0.1) is 0 Å². The minimum absolute atomic E-state index is 0.250. The summed E-state index contributed by atoms with van der Waals surface area (Å²) in [7, 11) is 0. The normalized spacial score (nSPS) is 11.9. The second-order valence-corrected chi connectivity index (χ2v) is 3.16. The Kier molecular flexibility index (Phi) is 3.51. The molecule has 0 saturated carbocycles. The zero-order chi connectivity index (χ0) is 13.4. The van der Waals surface area contributed by atoms with E-state index in [-0.39, 0.29) is 6.20 Å². The van der Waals surface area contributed by atoms with Crippen molar-refractivity contribution in [2.75, 3.05) is 0 Å². The van der Waals surface area contributed by atoms with E-state index in [1.165, 1.54) is 0 Å². The fourth-order valence-corrected chi connectivity index (χ4v) is 1.36. The Labute approximate surface area is 95.2 Å². The predicted octanol–water partition coefficient (Wildman–Crippen LogP) is 3.60. The van der Waals surface area contributed by atoms with E-state index in [1.54, 1.807) is 0 Å². The van der Waals surface area contributed by atoms with E-state index in [4.69, 9.17) is 11.6 Å². The van der Waals surface area contributed by atoms with Crippen molar-refractivity contribution in [3.63, 3.8) is 0 Å². The molecule has 4 nitrogen and oxygen atoms in total. The Morgan fingerprint density at radius 1 is 1.41 bits per heavy atom. The fourth-order valence-electron chi connectivity index (χ4n) is 1.04. The van der Waals surface area contributed by atoms with Crippen LogP contribution in [-0.2, 0) is 6.18 Å². The third-order valence-electron chi connectivity index (χ3n) is 1.71. The lowest BCUT2D eigenvalue weighted by atomic mass is 10.2. The minimum Gasteiger partial charge on any atom is -0.358 e. The van der Waals surface area contributed by atoms with Gasteiger partial charge in [0.25, 0.3) is 6.43 Å². The number of hydrogen-bond donors (Lipinski definition) is 0. The lowest BCUT2D eigenvalue weighted by Gasteiger charge is -2.10. The molecule has 0 unspecified atom stereocenters. The maximum Gasteiger partial charge on any atom is 0.426 e. The van der Waals surface area contributed by atoms with E-state index in [0.29, 0.717) is 0 Å². The molecule has 1 heterocycles. The van der Waals surface area contributed by atoms with Crippen LogP contribution in [0.2, 0.25) is 5.02 Å². The SMILES string of the molecule is O=[N+]([O-])c1ncc(C(F)F)c(Cl)c1C(F)(F)F. The van der Waals surface area contributed by atoms with E-state index in [0.717, 1.165) is 0 Å². The number of nitro groups is 1. The van der Waals surface area contributed by atoms with Crippen molar-refractivity contribution in [2.45, 2.75) is 12.6 Å². The number of nitrogens with zero attached hydrogens (tertiary/aromatic N) is 2. The summed E-state index contributed by atoms with van der Waals surface area (Å²) in [6.07, 6.45) is -8.30. The molecule has 17 heavy (non-hydrogen) atoms. The van der Waals surface area contributed by atoms with Crippen LogP contribution >= 0.6 is 11.6 Å². The highest BCUT2D eigenvalue weighted by atomic mass is 35.5. The van der Waals surface area contributed by atoms with Gasteiger partial charge in [0.2, 0.25) is 0 Å². The average Bonchev–Trinajstić information content (AvgIpc) is 2.14. The first-order valence-corrected chi connectivity index (χ1v) is 4.22. The molecule has 0 fully saturated rings. The lowest BCUT2D eigenvalue weighted by molar-refractivity contribution is -0.392. The van der Waals surface area contributed by atoms with Gasteiger partial charge in [-0.05, 0) is 9.91 Å². The van der Waals surface area contributed by atoms with Crippen molar-refractivity contribution < 1.29 is 26.9 Å². The molecule has 0 N–H and O–H groups in total. The first kappa shape index (κ1) is 13.6. The number of alkyl halides is 5. The second kappa shape index (κ2) is 4.40. The van der Waals surface area contributed by atoms with Crippen LogP contribution in [0.3, 0.4) is 0 Å². The van der Waals surface area contributed by atoms with Gasteiger partial charge in [0.15, 0.2) is 11.8 Å². The van der Waals surface area contributed by atoms with Gasteiger partial charge in [-0.25, -0.2) is 8.78 Å². The molecule has 0 amide bonds. The van der Waals surface area contributed by atoms with Gasteiger partial charge in [-0.3, -0.25) is 0 Å². The van der Waals surface area contributed by atoms with E-state index in [9.17, 15) is 32.1 Å². The quantitative estimate of drug-likeness (QED) is 0.471. The molecule has 1 aromatic heterocycles. The number of pyridine rings is 1. The number of rotatable bonds is 2. The monoisotopic (exact) mass is 276 g/mol. The summed E-state index contributed by atoms with van der Waals surface area (Å²) in [4.78, 5) is 11.6. The standard InChI is InChI=1S/C7H2ClF5N2O2/c8-4-2(5(9)10)1-14-6(15(16)17)3(4)7(11,12)13/h1,5H. The highest BCUT2D eigenvalue weighted by molar-refractivity contribution is 6.32. The summed E-state index contributed by atoms with van der Waals surface area (Å²) >= 11 is 5.09. The van der Waals surface area contributed by atoms with Gasteiger partial charge < -0.3 is 10.1 Å². The van der Waals surface area contributed by atoms with Gasteiger partial charge in [0.1, 0.15) is 0 Å². The Bertz CT molecular complexity index is 462. The van der Waals surface area contributed by atoms with Gasteiger partial charge in [-0.1, -0.05) is 11.6 Å². The number of aromatic nitrogens is 1. The van der Waals surface area contributed by atoms with Crippen molar-refractivity contribution in [3.8, 4) is 0 Å². The maximum atomic E-state index is 12.4. The molecule has 0 saturated heterocycles. The van der Waals surface area contributed by atoms with E-state index in [1.807, 2.05) is 0 Å². The molecular weight excluding hydrogens is 275 g/mol. The summed E-state index contributed by atoms with van der Waals surface area (Å²) in [5.41, 5.74) is -3.17. The van der Waals surface area contributed by atoms with Gasteiger partial charge in [-0.2, -0.15) is 13.2 Å². The van der Waals surface area contributed by atoms with E-state index >= 15 is 0 Å².